The van der Waals surface area contributed by atoms with Crippen LogP contribution in [-0.4, -0.2) is 0 Å². The fraction of sp³-hybridized carbons (Fsp3) is 0.231. The molecule has 2 aromatic rings. The molecule has 258 valence electrons. The van der Waals surface area contributed by atoms with Crippen LogP contribution in [0.5, 0.6) is 0 Å². The van der Waals surface area contributed by atoms with Gasteiger partial charge in [0.25, 0.3) is 0 Å². The maximum atomic E-state index is 4.00. The van der Waals surface area contributed by atoms with E-state index in [9.17, 15) is 0 Å². The Hall–Kier alpha value is -5.20. The van der Waals surface area contributed by atoms with Crippen molar-refractivity contribution >= 4 is 11.1 Å². The van der Waals surface area contributed by atoms with Crippen molar-refractivity contribution < 1.29 is 0 Å². The van der Waals surface area contributed by atoms with Crippen LogP contribution in [0.1, 0.15) is 85.6 Å². The number of benzene rings is 2. The number of hydrogen-bond donors (Lipinski definition) is 0. The van der Waals surface area contributed by atoms with Crippen LogP contribution in [0.25, 0.3) is 11.1 Å². The minimum absolute atomic E-state index is 0.314. The maximum absolute atomic E-state index is 4.00. The second kappa shape index (κ2) is 15.6. The summed E-state index contributed by atoms with van der Waals surface area (Å²) < 4.78 is 0. The normalized spacial score (nSPS) is 21.9. The number of hydrogen-bond acceptors (Lipinski definition) is 0. The highest BCUT2D eigenvalue weighted by Crippen LogP contribution is 2.59. The molecule has 6 aliphatic rings. The highest BCUT2D eigenvalue weighted by atomic mass is 14.4. The van der Waals surface area contributed by atoms with Crippen molar-refractivity contribution in [2.75, 3.05) is 0 Å². The van der Waals surface area contributed by atoms with E-state index < -0.39 is 0 Å². The average molecular weight is 675 g/mol. The van der Waals surface area contributed by atoms with Crippen molar-refractivity contribution in [1.29, 1.82) is 0 Å². The lowest BCUT2D eigenvalue weighted by Gasteiger charge is -2.37. The van der Waals surface area contributed by atoms with Gasteiger partial charge in [0.2, 0.25) is 0 Å². The monoisotopic (exact) mass is 674 g/mol. The molecule has 2 atom stereocenters. The summed E-state index contributed by atoms with van der Waals surface area (Å²) in [6, 6.07) is 16.2. The summed E-state index contributed by atoms with van der Waals surface area (Å²) in [6.45, 7) is 6.08. The van der Waals surface area contributed by atoms with Crippen molar-refractivity contribution in [2.45, 2.75) is 70.6 Å². The van der Waals surface area contributed by atoms with E-state index >= 15 is 0 Å². The van der Waals surface area contributed by atoms with E-state index in [0.717, 1.165) is 57.8 Å². The molecule has 0 fully saturated rings. The van der Waals surface area contributed by atoms with Gasteiger partial charge in [0.15, 0.2) is 0 Å². The molecule has 0 saturated heterocycles. The first-order valence-corrected chi connectivity index (χ1v) is 19.5. The molecule has 52 heavy (non-hydrogen) atoms. The quantitative estimate of drug-likeness (QED) is 0.119. The minimum atomic E-state index is 0.314. The van der Waals surface area contributed by atoms with Crippen molar-refractivity contribution in [2.24, 2.45) is 5.92 Å². The number of allylic oxidation sites excluding steroid dienone is 27. The fourth-order valence-electron chi connectivity index (χ4n) is 9.19. The summed E-state index contributed by atoms with van der Waals surface area (Å²) >= 11 is 0. The van der Waals surface area contributed by atoms with Crippen LogP contribution < -0.4 is 0 Å². The van der Waals surface area contributed by atoms with Gasteiger partial charge in [0.1, 0.15) is 0 Å². The summed E-state index contributed by atoms with van der Waals surface area (Å²) in [5, 5.41) is 0. The van der Waals surface area contributed by atoms with E-state index in [1.165, 1.54) is 61.3 Å². The number of unbranched alkanes of at least 4 members (excludes halogenated alkanes) is 1. The molecular formula is C52H50. The minimum Gasteiger partial charge on any atom is -0.103 e. The maximum Gasteiger partial charge on any atom is 0.0130 e. The molecule has 0 saturated carbocycles. The zero-order valence-electron chi connectivity index (χ0n) is 30.7. The van der Waals surface area contributed by atoms with Crippen LogP contribution in [0.2, 0.25) is 0 Å². The third kappa shape index (κ3) is 6.64. The van der Waals surface area contributed by atoms with Crippen LogP contribution in [0.15, 0.2) is 197 Å². The summed E-state index contributed by atoms with van der Waals surface area (Å²) in [7, 11) is 0. The molecule has 2 unspecified atom stereocenters. The Morgan fingerprint density at radius 1 is 0.865 bits per heavy atom. The summed E-state index contributed by atoms with van der Waals surface area (Å²) in [6.07, 6.45) is 50.9. The van der Waals surface area contributed by atoms with E-state index in [0.29, 0.717) is 11.8 Å². The molecule has 6 aliphatic carbocycles. The Labute approximate surface area is 311 Å². The largest absolute Gasteiger partial charge is 0.103 e. The second-order valence-corrected chi connectivity index (χ2v) is 14.7. The molecule has 0 heteroatoms. The Kier molecular flexibility index (Phi) is 10.2. The van der Waals surface area contributed by atoms with Gasteiger partial charge >= 0.3 is 0 Å². The van der Waals surface area contributed by atoms with Gasteiger partial charge in [-0.25, -0.2) is 0 Å². The first kappa shape index (κ1) is 33.9. The number of aryl methyl sites for hydroxylation is 1. The standard InChI is InChI=1S/C52H50/c1-3-5-9-23-38-34-41(27-14-7-11-20-37-21-15-16-22-37)47-36-49-45-31-19-30-43-40(24-10-6-4-2)32-33-46(50(43)45)52(49)51(48(47)35-38)44-29-18-17-28-42(44)39-25-12-8-13-26-39/h3-5,7-9,11-15,17-18,20-23,25-26,29,31-35,42,47H,2,6,10,16,19,24,27-28,30,36H2,1H3. The predicted molar refractivity (Wildman–Crippen MR) is 224 cm³/mol. The molecule has 0 amide bonds. The number of fused-ring (bicyclic) bond motifs is 3. The first-order valence-electron chi connectivity index (χ1n) is 19.5. The van der Waals surface area contributed by atoms with E-state index in [4.69, 9.17) is 0 Å². The van der Waals surface area contributed by atoms with Crippen molar-refractivity contribution in [1.82, 2.24) is 0 Å². The molecule has 0 spiro atoms. The zero-order valence-corrected chi connectivity index (χ0v) is 30.7. The molecule has 0 N–H and O–H groups in total. The molecule has 0 nitrogen and oxygen atoms in total. The fourth-order valence-corrected chi connectivity index (χ4v) is 9.19. The van der Waals surface area contributed by atoms with Gasteiger partial charge in [-0.3, -0.25) is 0 Å². The van der Waals surface area contributed by atoms with Crippen LogP contribution >= 0.6 is 0 Å². The van der Waals surface area contributed by atoms with Crippen LogP contribution in [0, 0.1) is 5.92 Å². The van der Waals surface area contributed by atoms with Crippen molar-refractivity contribution in [3.05, 3.63) is 225 Å². The van der Waals surface area contributed by atoms with Gasteiger partial charge in [0.05, 0.1) is 0 Å². The molecule has 8 rings (SSSR count). The van der Waals surface area contributed by atoms with E-state index in [1.807, 2.05) is 0 Å². The molecule has 0 bridgehead atoms. The molecular weight excluding hydrogens is 625 g/mol. The summed E-state index contributed by atoms with van der Waals surface area (Å²) in [5.74, 6) is 0.645. The van der Waals surface area contributed by atoms with Gasteiger partial charge < -0.3 is 0 Å². The average Bonchev–Trinajstić information content (AvgIpc) is 3.82. The Morgan fingerprint density at radius 3 is 2.60 bits per heavy atom. The highest BCUT2D eigenvalue weighted by molar-refractivity contribution is 6.09. The predicted octanol–water partition coefficient (Wildman–Crippen LogP) is 13.7. The second-order valence-electron chi connectivity index (χ2n) is 14.7. The van der Waals surface area contributed by atoms with Gasteiger partial charge in [-0.1, -0.05) is 157 Å². The van der Waals surface area contributed by atoms with Crippen LogP contribution in [0.4, 0.5) is 0 Å². The van der Waals surface area contributed by atoms with Gasteiger partial charge in [-0.15, -0.1) is 6.58 Å². The SMILES string of the molecule is C=CCCCc1ccc2c3c1CCC=C3C1=C2C(C2=CC=CCC2c2ccccc2)=C2C=C(C=CC=CC)C=C(CC=CC=CC3=CCC=C3)C2C1. The van der Waals surface area contributed by atoms with Gasteiger partial charge in [0, 0.05) is 11.8 Å². The lowest BCUT2D eigenvalue weighted by atomic mass is 9.67. The first-order chi connectivity index (χ1) is 25.7. The lowest BCUT2D eigenvalue weighted by molar-refractivity contribution is 0.686. The summed E-state index contributed by atoms with van der Waals surface area (Å²) in [5.41, 5.74) is 20.7. The van der Waals surface area contributed by atoms with E-state index in [2.05, 4.69) is 165 Å². The topological polar surface area (TPSA) is 0 Å². The molecule has 0 aliphatic heterocycles. The lowest BCUT2D eigenvalue weighted by Crippen LogP contribution is -2.21. The third-order valence-electron chi connectivity index (χ3n) is 11.5. The van der Waals surface area contributed by atoms with E-state index in [-0.39, 0.29) is 0 Å². The third-order valence-corrected chi connectivity index (χ3v) is 11.5. The smallest absolute Gasteiger partial charge is 0.0130 e. The zero-order chi connectivity index (χ0) is 35.3. The Balaban J connectivity index is 1.29. The molecule has 0 aromatic heterocycles. The Bertz CT molecular complexity index is 2160. The van der Waals surface area contributed by atoms with Crippen molar-refractivity contribution in [3.8, 4) is 0 Å². The Morgan fingerprint density at radius 2 is 1.75 bits per heavy atom. The van der Waals surface area contributed by atoms with Crippen molar-refractivity contribution in [3.63, 3.8) is 0 Å². The van der Waals surface area contributed by atoms with Crippen LogP contribution in [-0.2, 0) is 12.8 Å². The molecule has 0 heterocycles. The van der Waals surface area contributed by atoms with Gasteiger partial charge in [-0.05, 0) is 137 Å². The number of rotatable bonds is 12. The molecule has 2 aromatic carbocycles. The van der Waals surface area contributed by atoms with Gasteiger partial charge in [-0.2, -0.15) is 0 Å². The highest BCUT2D eigenvalue weighted by Gasteiger charge is 2.42. The molecule has 0 radical (unpaired) electrons. The van der Waals surface area contributed by atoms with E-state index in [1.54, 1.807) is 16.7 Å². The van der Waals surface area contributed by atoms with Crippen LogP contribution in [0.3, 0.4) is 0 Å². The summed E-state index contributed by atoms with van der Waals surface area (Å²) in [4.78, 5) is 0.